The van der Waals surface area contributed by atoms with Crippen LogP contribution in [0.25, 0.3) is 0 Å². The summed E-state index contributed by atoms with van der Waals surface area (Å²) in [6.45, 7) is 8.38. The highest BCUT2D eigenvalue weighted by atomic mass is 79.9. The molecule has 0 radical (unpaired) electrons. The van der Waals surface area contributed by atoms with Gasteiger partial charge in [-0.2, -0.15) is 0 Å². The van der Waals surface area contributed by atoms with E-state index in [4.69, 9.17) is 4.84 Å². The van der Waals surface area contributed by atoms with E-state index < -0.39 is 0 Å². The van der Waals surface area contributed by atoms with E-state index in [0.29, 0.717) is 18.4 Å². The maximum Gasteiger partial charge on any atom is 0.142 e. The maximum atomic E-state index is 5.50. The molecule has 2 rings (SSSR count). The summed E-state index contributed by atoms with van der Waals surface area (Å²) in [5.74, 6) is 1.06. The van der Waals surface area contributed by atoms with Gasteiger partial charge in [-0.1, -0.05) is 64.1 Å². The Morgan fingerprint density at radius 3 is 2.77 bits per heavy atom. The molecule has 0 spiro atoms. The van der Waals surface area contributed by atoms with Crippen molar-refractivity contribution in [1.29, 1.82) is 0 Å². The molecular formula is C19H24BrNO. The molecule has 22 heavy (non-hydrogen) atoms. The van der Waals surface area contributed by atoms with Gasteiger partial charge in [-0.15, -0.1) is 6.58 Å². The van der Waals surface area contributed by atoms with Gasteiger partial charge in [0.05, 0.1) is 5.71 Å². The Labute approximate surface area is 142 Å². The molecular weight excluding hydrogens is 338 g/mol. The standard InChI is InChI=1S/C19H24BrNO/c1-3-7-17(15(2)20)10-11-18-12-13-19(18)21-22-14-16-8-5-4-6-9-16/h3-6,8-9,17-18H,1-2,7,10-14H2/b21-19+. The molecule has 1 fully saturated rings. The highest BCUT2D eigenvalue weighted by molar-refractivity contribution is 9.11. The van der Waals surface area contributed by atoms with Gasteiger partial charge in [0.2, 0.25) is 0 Å². The lowest BCUT2D eigenvalue weighted by atomic mass is 9.78. The van der Waals surface area contributed by atoms with Crippen LogP contribution in [-0.4, -0.2) is 5.71 Å². The molecule has 1 aromatic rings. The average Bonchev–Trinajstić information content (AvgIpc) is 2.50. The highest BCUT2D eigenvalue weighted by Crippen LogP contribution is 2.33. The van der Waals surface area contributed by atoms with Gasteiger partial charge in [0.25, 0.3) is 0 Å². The fraction of sp³-hybridized carbons (Fsp3) is 0.421. The quantitative estimate of drug-likeness (QED) is 0.399. The number of benzene rings is 1. The summed E-state index contributed by atoms with van der Waals surface area (Å²) >= 11 is 3.52. The zero-order chi connectivity index (χ0) is 15.8. The molecule has 0 heterocycles. The Morgan fingerprint density at radius 1 is 1.41 bits per heavy atom. The van der Waals surface area contributed by atoms with E-state index >= 15 is 0 Å². The van der Waals surface area contributed by atoms with Crippen molar-refractivity contribution in [3.8, 4) is 0 Å². The van der Waals surface area contributed by atoms with E-state index in [-0.39, 0.29) is 0 Å². The lowest BCUT2D eigenvalue weighted by Crippen LogP contribution is -2.26. The molecule has 1 aliphatic carbocycles. The molecule has 1 aromatic carbocycles. The zero-order valence-corrected chi connectivity index (χ0v) is 14.6. The highest BCUT2D eigenvalue weighted by Gasteiger charge is 2.27. The Kier molecular flexibility index (Phi) is 6.91. The summed E-state index contributed by atoms with van der Waals surface area (Å²) in [7, 11) is 0. The SMILES string of the molecule is C=CCC(CCC1CC/C1=N\OCc1ccccc1)C(=C)Br. The first-order valence-electron chi connectivity index (χ1n) is 7.88. The van der Waals surface area contributed by atoms with E-state index in [1.165, 1.54) is 12.1 Å². The second kappa shape index (κ2) is 8.94. The van der Waals surface area contributed by atoms with Crippen molar-refractivity contribution in [3.05, 3.63) is 59.6 Å². The minimum Gasteiger partial charge on any atom is -0.391 e. The first-order valence-corrected chi connectivity index (χ1v) is 8.68. The average molecular weight is 362 g/mol. The number of allylic oxidation sites excluding steroid dienone is 2. The third kappa shape index (κ3) is 5.13. The van der Waals surface area contributed by atoms with Gasteiger partial charge in [-0.3, -0.25) is 0 Å². The molecule has 2 nitrogen and oxygen atoms in total. The van der Waals surface area contributed by atoms with Gasteiger partial charge in [-0.25, -0.2) is 0 Å². The van der Waals surface area contributed by atoms with Crippen LogP contribution >= 0.6 is 15.9 Å². The van der Waals surface area contributed by atoms with Crippen LogP contribution in [0.1, 0.15) is 37.7 Å². The number of rotatable bonds is 9. The Morgan fingerprint density at radius 2 is 2.18 bits per heavy atom. The minimum atomic E-state index is 0.476. The normalized spacial score (nSPS) is 20.2. The predicted octanol–water partition coefficient (Wildman–Crippen LogP) is 5.85. The van der Waals surface area contributed by atoms with Crippen LogP contribution in [0, 0.1) is 11.8 Å². The van der Waals surface area contributed by atoms with Gasteiger partial charge in [0.1, 0.15) is 6.61 Å². The smallest absolute Gasteiger partial charge is 0.142 e. The Hall–Kier alpha value is -1.35. The molecule has 0 saturated heterocycles. The molecule has 1 saturated carbocycles. The number of nitrogens with zero attached hydrogens (tertiary/aromatic N) is 1. The minimum absolute atomic E-state index is 0.476. The van der Waals surface area contributed by atoms with Crippen molar-refractivity contribution < 1.29 is 4.84 Å². The van der Waals surface area contributed by atoms with Crippen LogP contribution in [0.4, 0.5) is 0 Å². The van der Waals surface area contributed by atoms with E-state index in [0.717, 1.165) is 35.7 Å². The van der Waals surface area contributed by atoms with Crippen molar-refractivity contribution in [1.82, 2.24) is 0 Å². The van der Waals surface area contributed by atoms with Gasteiger partial charge in [0.15, 0.2) is 0 Å². The summed E-state index contributed by atoms with van der Waals surface area (Å²) in [6, 6.07) is 10.2. The fourth-order valence-electron chi connectivity index (χ4n) is 2.68. The summed E-state index contributed by atoms with van der Waals surface area (Å²) in [5.41, 5.74) is 2.37. The van der Waals surface area contributed by atoms with Crippen molar-refractivity contribution >= 4 is 21.6 Å². The maximum absolute atomic E-state index is 5.50. The summed E-state index contributed by atoms with van der Waals surface area (Å²) in [5, 5.41) is 4.34. The third-order valence-electron chi connectivity index (χ3n) is 4.23. The van der Waals surface area contributed by atoms with Crippen LogP contribution in [0.15, 0.2) is 59.2 Å². The van der Waals surface area contributed by atoms with Crippen LogP contribution < -0.4 is 0 Å². The Balaban J connectivity index is 1.75. The van der Waals surface area contributed by atoms with Gasteiger partial charge < -0.3 is 4.84 Å². The van der Waals surface area contributed by atoms with E-state index in [1.807, 2.05) is 24.3 Å². The van der Waals surface area contributed by atoms with E-state index in [9.17, 15) is 0 Å². The van der Waals surface area contributed by atoms with Crippen LogP contribution in [0.3, 0.4) is 0 Å². The topological polar surface area (TPSA) is 21.6 Å². The van der Waals surface area contributed by atoms with Crippen LogP contribution in [-0.2, 0) is 11.4 Å². The van der Waals surface area contributed by atoms with Gasteiger partial charge in [0, 0.05) is 5.92 Å². The lowest BCUT2D eigenvalue weighted by molar-refractivity contribution is 0.125. The van der Waals surface area contributed by atoms with Crippen LogP contribution in [0.2, 0.25) is 0 Å². The third-order valence-corrected chi connectivity index (χ3v) is 4.88. The first-order chi connectivity index (χ1) is 10.7. The zero-order valence-electron chi connectivity index (χ0n) is 13.0. The van der Waals surface area contributed by atoms with Gasteiger partial charge >= 0.3 is 0 Å². The number of halogens is 1. The molecule has 2 unspecified atom stereocenters. The summed E-state index contributed by atoms with van der Waals surface area (Å²) in [6.07, 6.45) is 7.52. The monoisotopic (exact) mass is 361 g/mol. The second-order valence-electron chi connectivity index (χ2n) is 5.82. The van der Waals surface area contributed by atoms with E-state index in [2.05, 4.69) is 46.4 Å². The molecule has 1 aliphatic rings. The number of hydrogen-bond donors (Lipinski definition) is 0. The number of hydrogen-bond acceptors (Lipinski definition) is 2. The first kappa shape index (κ1) is 17.0. The second-order valence-corrected chi connectivity index (χ2v) is 6.84. The van der Waals surface area contributed by atoms with E-state index in [1.54, 1.807) is 0 Å². The molecule has 3 heteroatoms. The Bertz CT molecular complexity index is 523. The van der Waals surface area contributed by atoms with Crippen molar-refractivity contribution in [2.75, 3.05) is 0 Å². The van der Waals surface area contributed by atoms with Crippen molar-refractivity contribution in [2.45, 2.75) is 38.7 Å². The van der Waals surface area contributed by atoms with Crippen molar-refractivity contribution in [3.63, 3.8) is 0 Å². The molecule has 0 amide bonds. The van der Waals surface area contributed by atoms with Crippen LogP contribution in [0.5, 0.6) is 0 Å². The molecule has 0 aromatic heterocycles. The largest absolute Gasteiger partial charge is 0.391 e. The predicted molar refractivity (Wildman–Crippen MR) is 97.0 cm³/mol. The summed E-state index contributed by atoms with van der Waals surface area (Å²) in [4.78, 5) is 5.50. The molecule has 2 atom stereocenters. The summed E-state index contributed by atoms with van der Waals surface area (Å²) < 4.78 is 1.07. The number of oxime groups is 1. The molecule has 118 valence electrons. The lowest BCUT2D eigenvalue weighted by Gasteiger charge is -2.29. The van der Waals surface area contributed by atoms with Crippen molar-refractivity contribution in [2.24, 2.45) is 17.0 Å². The molecule has 0 bridgehead atoms. The molecule has 0 aliphatic heterocycles. The fourth-order valence-corrected chi connectivity index (χ4v) is 3.09. The van der Waals surface area contributed by atoms with Gasteiger partial charge in [-0.05, 0) is 48.1 Å². The molecule has 0 N–H and O–H groups in total.